The van der Waals surface area contributed by atoms with Crippen LogP contribution in [0.25, 0.3) is 0 Å². The van der Waals surface area contributed by atoms with E-state index in [1.54, 1.807) is 23.7 Å². The van der Waals surface area contributed by atoms with Crippen molar-refractivity contribution in [3.8, 4) is 0 Å². The zero-order valence-electron chi connectivity index (χ0n) is 11.5. The van der Waals surface area contributed by atoms with E-state index in [4.69, 9.17) is 11.6 Å². The van der Waals surface area contributed by atoms with Gasteiger partial charge >= 0.3 is 0 Å². The van der Waals surface area contributed by atoms with Gasteiger partial charge in [0.1, 0.15) is 6.54 Å². The van der Waals surface area contributed by atoms with Gasteiger partial charge in [-0.3, -0.25) is 4.79 Å². The Balaban J connectivity index is 1.80. The first kappa shape index (κ1) is 14.7. The summed E-state index contributed by atoms with van der Waals surface area (Å²) in [5, 5.41) is 13.2. The number of carbonyl (C=O) groups is 1. The zero-order chi connectivity index (χ0) is 15.4. The van der Waals surface area contributed by atoms with E-state index in [-0.39, 0.29) is 18.5 Å². The van der Waals surface area contributed by atoms with Crippen LogP contribution in [0.15, 0.2) is 54.2 Å². The topological polar surface area (TPSA) is 59.8 Å². The van der Waals surface area contributed by atoms with Crippen molar-refractivity contribution in [1.82, 2.24) is 20.3 Å². The maximum atomic E-state index is 12.2. The highest BCUT2D eigenvalue weighted by Gasteiger charge is 2.18. The fourth-order valence-corrected chi connectivity index (χ4v) is 3.03. The molecule has 5 nitrogen and oxygen atoms in total. The Bertz CT molecular complexity index is 726. The highest BCUT2D eigenvalue weighted by molar-refractivity contribution is 7.10. The Morgan fingerprint density at radius 2 is 2.14 bits per heavy atom. The van der Waals surface area contributed by atoms with Crippen LogP contribution in [-0.4, -0.2) is 20.9 Å². The molecule has 0 aliphatic heterocycles. The third kappa shape index (κ3) is 3.52. The van der Waals surface area contributed by atoms with Crippen molar-refractivity contribution in [3.63, 3.8) is 0 Å². The Morgan fingerprint density at radius 3 is 2.77 bits per heavy atom. The molecule has 0 bridgehead atoms. The molecule has 3 aromatic rings. The van der Waals surface area contributed by atoms with E-state index >= 15 is 0 Å². The van der Waals surface area contributed by atoms with Crippen LogP contribution >= 0.6 is 22.9 Å². The van der Waals surface area contributed by atoms with Gasteiger partial charge in [0.05, 0.1) is 12.2 Å². The maximum Gasteiger partial charge on any atom is 0.242 e. The second kappa shape index (κ2) is 6.72. The van der Waals surface area contributed by atoms with Crippen molar-refractivity contribution in [1.29, 1.82) is 0 Å². The van der Waals surface area contributed by atoms with Crippen molar-refractivity contribution in [2.24, 2.45) is 0 Å². The molecule has 0 fully saturated rings. The molecule has 1 amide bonds. The van der Waals surface area contributed by atoms with Gasteiger partial charge in [-0.2, -0.15) is 0 Å². The smallest absolute Gasteiger partial charge is 0.242 e. The van der Waals surface area contributed by atoms with Crippen LogP contribution in [0.3, 0.4) is 0 Å². The van der Waals surface area contributed by atoms with Gasteiger partial charge in [0.15, 0.2) is 0 Å². The number of carbonyl (C=O) groups excluding carboxylic acids is 1. The number of hydrogen-bond acceptors (Lipinski definition) is 4. The van der Waals surface area contributed by atoms with Crippen LogP contribution in [0.5, 0.6) is 0 Å². The second-order valence-corrected chi connectivity index (χ2v) is 6.08. The molecule has 112 valence electrons. The molecule has 3 rings (SSSR count). The van der Waals surface area contributed by atoms with Crippen molar-refractivity contribution in [3.05, 3.63) is 69.6 Å². The summed E-state index contributed by atoms with van der Waals surface area (Å²) in [4.78, 5) is 13.3. The van der Waals surface area contributed by atoms with Crippen molar-refractivity contribution < 1.29 is 4.79 Å². The van der Waals surface area contributed by atoms with E-state index in [2.05, 4.69) is 15.6 Å². The molecule has 0 saturated carbocycles. The molecule has 1 atom stereocenters. The van der Waals surface area contributed by atoms with Gasteiger partial charge in [-0.1, -0.05) is 35.0 Å². The number of rotatable bonds is 5. The Kier molecular flexibility index (Phi) is 4.50. The average Bonchev–Trinajstić information content (AvgIpc) is 3.19. The third-order valence-corrected chi connectivity index (χ3v) is 4.30. The van der Waals surface area contributed by atoms with E-state index in [9.17, 15) is 4.79 Å². The number of thiophene rings is 1. The van der Waals surface area contributed by atoms with E-state index in [0.717, 1.165) is 10.4 Å². The van der Waals surface area contributed by atoms with Gasteiger partial charge in [-0.15, -0.1) is 16.4 Å². The number of halogens is 1. The number of amides is 1. The summed E-state index contributed by atoms with van der Waals surface area (Å²) in [6.45, 7) is 0.134. The Labute approximate surface area is 136 Å². The number of hydrogen-bond donors (Lipinski definition) is 1. The Morgan fingerprint density at radius 1 is 1.32 bits per heavy atom. The van der Waals surface area contributed by atoms with Gasteiger partial charge in [0.25, 0.3) is 0 Å². The summed E-state index contributed by atoms with van der Waals surface area (Å²) in [6.07, 6.45) is 3.20. The number of aromatic nitrogens is 3. The minimum Gasteiger partial charge on any atom is -0.343 e. The van der Waals surface area contributed by atoms with Crippen LogP contribution in [0, 0.1) is 0 Å². The first-order valence-corrected chi connectivity index (χ1v) is 7.90. The van der Waals surface area contributed by atoms with Gasteiger partial charge in [0, 0.05) is 16.1 Å². The molecular weight excluding hydrogens is 320 g/mol. The standard InChI is InChI=1S/C15H13ClN4OS/c16-12-5-3-11(4-6-12)15(13-2-1-9-22-13)18-14(21)10-20-8-7-17-19-20/h1-9,15H,10H2,(H,18,21)/t15-/m1/s1. The van der Waals surface area contributed by atoms with Crippen molar-refractivity contribution in [2.75, 3.05) is 0 Å². The molecule has 0 radical (unpaired) electrons. The minimum atomic E-state index is -0.201. The molecule has 0 unspecified atom stereocenters. The van der Waals surface area contributed by atoms with E-state index < -0.39 is 0 Å². The SMILES string of the molecule is O=C(Cn1ccnn1)N[C@H](c1ccc(Cl)cc1)c1cccs1. The number of benzene rings is 1. The van der Waals surface area contributed by atoms with Crippen LogP contribution in [0.1, 0.15) is 16.5 Å². The summed E-state index contributed by atoms with van der Waals surface area (Å²) in [7, 11) is 0. The van der Waals surface area contributed by atoms with Gasteiger partial charge in [0.2, 0.25) is 5.91 Å². The summed E-state index contributed by atoms with van der Waals surface area (Å²) in [6, 6.07) is 11.2. The van der Waals surface area contributed by atoms with Gasteiger partial charge in [-0.05, 0) is 29.1 Å². The monoisotopic (exact) mass is 332 g/mol. The molecule has 22 heavy (non-hydrogen) atoms. The fraction of sp³-hybridized carbons (Fsp3) is 0.133. The molecule has 1 aromatic carbocycles. The van der Waals surface area contributed by atoms with Crippen LogP contribution in [0.4, 0.5) is 0 Å². The third-order valence-electron chi connectivity index (χ3n) is 3.11. The van der Waals surface area contributed by atoms with Crippen LogP contribution in [-0.2, 0) is 11.3 Å². The molecule has 0 spiro atoms. The molecule has 0 saturated heterocycles. The van der Waals surface area contributed by atoms with Crippen molar-refractivity contribution in [2.45, 2.75) is 12.6 Å². The molecule has 2 heterocycles. The minimum absolute atomic E-state index is 0.126. The zero-order valence-corrected chi connectivity index (χ0v) is 13.1. The largest absolute Gasteiger partial charge is 0.343 e. The van der Waals surface area contributed by atoms with Gasteiger partial charge in [-0.25, -0.2) is 4.68 Å². The molecule has 0 aliphatic carbocycles. The molecule has 7 heteroatoms. The first-order chi connectivity index (χ1) is 10.7. The quantitative estimate of drug-likeness (QED) is 0.781. The normalized spacial score (nSPS) is 12.0. The van der Waals surface area contributed by atoms with E-state index in [0.29, 0.717) is 5.02 Å². The van der Waals surface area contributed by atoms with Crippen molar-refractivity contribution >= 4 is 28.8 Å². The maximum absolute atomic E-state index is 12.2. The average molecular weight is 333 g/mol. The fourth-order valence-electron chi connectivity index (χ4n) is 2.10. The second-order valence-electron chi connectivity index (χ2n) is 4.67. The summed E-state index contributed by atoms with van der Waals surface area (Å²) >= 11 is 7.54. The highest BCUT2D eigenvalue weighted by atomic mass is 35.5. The summed E-state index contributed by atoms with van der Waals surface area (Å²) < 4.78 is 1.49. The molecule has 2 aromatic heterocycles. The highest BCUT2D eigenvalue weighted by Crippen LogP contribution is 2.27. The lowest BCUT2D eigenvalue weighted by molar-refractivity contribution is -0.122. The predicted octanol–water partition coefficient (Wildman–Crippen LogP) is 2.90. The molecule has 1 N–H and O–H groups in total. The lowest BCUT2D eigenvalue weighted by Gasteiger charge is -2.18. The van der Waals surface area contributed by atoms with Crippen LogP contribution < -0.4 is 5.32 Å². The first-order valence-electron chi connectivity index (χ1n) is 6.65. The van der Waals surface area contributed by atoms with E-state index in [1.807, 2.05) is 41.8 Å². The summed E-state index contributed by atoms with van der Waals surface area (Å²) in [5.74, 6) is -0.126. The summed E-state index contributed by atoms with van der Waals surface area (Å²) in [5.41, 5.74) is 0.985. The van der Waals surface area contributed by atoms with Gasteiger partial charge < -0.3 is 5.32 Å². The number of nitrogens with one attached hydrogen (secondary N) is 1. The van der Waals surface area contributed by atoms with Crippen LogP contribution in [0.2, 0.25) is 5.02 Å². The lowest BCUT2D eigenvalue weighted by Crippen LogP contribution is -2.32. The molecule has 0 aliphatic rings. The molecular formula is C15H13ClN4OS. The van der Waals surface area contributed by atoms with E-state index in [1.165, 1.54) is 4.68 Å². The lowest BCUT2D eigenvalue weighted by atomic mass is 10.1. The predicted molar refractivity (Wildman–Crippen MR) is 85.8 cm³/mol. The number of nitrogens with zero attached hydrogens (tertiary/aromatic N) is 3. The Hall–Kier alpha value is -2.18.